The molecule has 0 amide bonds. The lowest BCUT2D eigenvalue weighted by molar-refractivity contribution is 0.306. The molecule has 0 aliphatic heterocycles. The topological polar surface area (TPSA) is 9.23 Å². The average molecular weight is 254 g/mol. The molecule has 0 radical (unpaired) electrons. The van der Waals surface area contributed by atoms with E-state index in [1.807, 2.05) is 18.2 Å². The van der Waals surface area contributed by atoms with Gasteiger partial charge in [-0.05, 0) is 42.0 Å². The molecule has 0 atom stereocenters. The summed E-state index contributed by atoms with van der Waals surface area (Å²) < 4.78 is 5.77. The molecule has 0 aliphatic rings. The normalized spacial score (nSPS) is 10.7. The van der Waals surface area contributed by atoms with Crippen molar-refractivity contribution >= 4 is 0 Å². The Morgan fingerprint density at radius 2 is 1.53 bits per heavy atom. The van der Waals surface area contributed by atoms with Crippen molar-refractivity contribution in [3.05, 3.63) is 65.7 Å². The van der Waals surface area contributed by atoms with Gasteiger partial charge < -0.3 is 4.74 Å². The fourth-order valence-electron chi connectivity index (χ4n) is 1.95. The molecule has 2 aromatic rings. The Labute approximate surface area is 116 Å². The fourth-order valence-corrected chi connectivity index (χ4v) is 1.95. The molecule has 0 bridgehead atoms. The van der Waals surface area contributed by atoms with Gasteiger partial charge in [0.15, 0.2) is 0 Å². The highest BCUT2D eigenvalue weighted by molar-refractivity contribution is 5.27. The summed E-state index contributed by atoms with van der Waals surface area (Å²) in [5, 5.41) is 0. The predicted molar refractivity (Wildman–Crippen MR) is 80.4 cm³/mol. The number of hydrogen-bond acceptors (Lipinski definition) is 1. The van der Waals surface area contributed by atoms with Crippen molar-refractivity contribution in [2.24, 2.45) is 5.92 Å². The van der Waals surface area contributed by atoms with Crippen molar-refractivity contribution in [1.82, 2.24) is 0 Å². The predicted octanol–water partition coefficient (Wildman–Crippen LogP) is 4.85. The van der Waals surface area contributed by atoms with E-state index in [-0.39, 0.29) is 0 Å². The lowest BCUT2D eigenvalue weighted by Crippen LogP contribution is -1.96. The molecule has 2 aromatic carbocycles. The van der Waals surface area contributed by atoms with Crippen molar-refractivity contribution in [1.29, 1.82) is 0 Å². The molecular formula is C18H22O. The molecule has 0 heterocycles. The maximum absolute atomic E-state index is 5.77. The molecule has 0 saturated carbocycles. The van der Waals surface area contributed by atoms with Crippen LogP contribution in [0.3, 0.4) is 0 Å². The highest BCUT2D eigenvalue weighted by atomic mass is 16.5. The van der Waals surface area contributed by atoms with Crippen LogP contribution in [0.25, 0.3) is 0 Å². The summed E-state index contributed by atoms with van der Waals surface area (Å²) in [6.45, 7) is 5.15. The van der Waals surface area contributed by atoms with E-state index in [1.54, 1.807) is 0 Å². The Hall–Kier alpha value is -1.76. The number of hydrogen-bond donors (Lipinski definition) is 0. The highest BCUT2D eigenvalue weighted by Crippen LogP contribution is 2.16. The number of aryl methyl sites for hydroxylation is 1. The molecule has 0 aliphatic carbocycles. The van der Waals surface area contributed by atoms with E-state index in [4.69, 9.17) is 4.74 Å². The van der Waals surface area contributed by atoms with Crippen LogP contribution < -0.4 is 4.74 Å². The van der Waals surface area contributed by atoms with Gasteiger partial charge in [0, 0.05) is 0 Å². The maximum atomic E-state index is 5.77. The van der Waals surface area contributed by atoms with Crippen molar-refractivity contribution in [2.75, 3.05) is 0 Å². The van der Waals surface area contributed by atoms with Gasteiger partial charge in [0.25, 0.3) is 0 Å². The van der Waals surface area contributed by atoms with Crippen LogP contribution in [0.2, 0.25) is 0 Å². The summed E-state index contributed by atoms with van der Waals surface area (Å²) in [6, 6.07) is 18.7. The van der Waals surface area contributed by atoms with Gasteiger partial charge in [-0.15, -0.1) is 0 Å². The number of ether oxygens (including phenoxy) is 1. The van der Waals surface area contributed by atoms with E-state index < -0.39 is 0 Å². The molecule has 0 spiro atoms. The van der Waals surface area contributed by atoms with Gasteiger partial charge in [0.1, 0.15) is 12.4 Å². The van der Waals surface area contributed by atoms with Crippen LogP contribution >= 0.6 is 0 Å². The molecule has 100 valence electrons. The zero-order valence-electron chi connectivity index (χ0n) is 11.8. The van der Waals surface area contributed by atoms with Crippen LogP contribution in [-0.2, 0) is 13.0 Å². The third-order valence-electron chi connectivity index (χ3n) is 3.18. The van der Waals surface area contributed by atoms with Crippen LogP contribution in [0.1, 0.15) is 31.4 Å². The molecule has 0 aromatic heterocycles. The molecule has 19 heavy (non-hydrogen) atoms. The van der Waals surface area contributed by atoms with Gasteiger partial charge in [-0.25, -0.2) is 0 Å². The molecule has 1 heteroatoms. The fraction of sp³-hybridized carbons (Fsp3) is 0.333. The average Bonchev–Trinajstić information content (AvgIpc) is 2.45. The highest BCUT2D eigenvalue weighted by Gasteiger charge is 1.99. The van der Waals surface area contributed by atoms with Gasteiger partial charge in [-0.1, -0.05) is 56.3 Å². The van der Waals surface area contributed by atoms with Crippen molar-refractivity contribution in [3.63, 3.8) is 0 Å². The molecule has 1 nitrogen and oxygen atoms in total. The third-order valence-corrected chi connectivity index (χ3v) is 3.18. The van der Waals surface area contributed by atoms with Gasteiger partial charge in [-0.2, -0.15) is 0 Å². The van der Waals surface area contributed by atoms with Crippen LogP contribution in [0.15, 0.2) is 54.6 Å². The number of rotatable bonds is 6. The maximum Gasteiger partial charge on any atom is 0.119 e. The third kappa shape index (κ3) is 4.78. The molecular weight excluding hydrogens is 232 g/mol. The van der Waals surface area contributed by atoms with Crippen LogP contribution in [-0.4, -0.2) is 0 Å². The molecule has 0 saturated heterocycles. The second-order valence-electron chi connectivity index (χ2n) is 5.35. The van der Waals surface area contributed by atoms with Gasteiger partial charge >= 0.3 is 0 Å². The van der Waals surface area contributed by atoms with Gasteiger partial charge in [-0.3, -0.25) is 0 Å². The van der Waals surface area contributed by atoms with Gasteiger partial charge in [0.05, 0.1) is 0 Å². The first kappa shape index (κ1) is 13.7. The monoisotopic (exact) mass is 254 g/mol. The van der Waals surface area contributed by atoms with E-state index in [1.165, 1.54) is 17.5 Å². The molecule has 0 N–H and O–H groups in total. The minimum Gasteiger partial charge on any atom is -0.489 e. The van der Waals surface area contributed by atoms with Crippen LogP contribution in [0, 0.1) is 5.92 Å². The van der Waals surface area contributed by atoms with E-state index >= 15 is 0 Å². The van der Waals surface area contributed by atoms with Crippen molar-refractivity contribution in [2.45, 2.75) is 33.3 Å². The van der Waals surface area contributed by atoms with E-state index in [0.29, 0.717) is 6.61 Å². The summed E-state index contributed by atoms with van der Waals surface area (Å²) in [4.78, 5) is 0. The second kappa shape index (κ2) is 6.98. The smallest absolute Gasteiger partial charge is 0.119 e. The summed E-state index contributed by atoms with van der Waals surface area (Å²) in [7, 11) is 0. The largest absolute Gasteiger partial charge is 0.489 e. The Morgan fingerprint density at radius 1 is 0.842 bits per heavy atom. The summed E-state index contributed by atoms with van der Waals surface area (Å²) >= 11 is 0. The minimum absolute atomic E-state index is 0.631. The van der Waals surface area contributed by atoms with E-state index in [0.717, 1.165) is 18.1 Å². The quantitative estimate of drug-likeness (QED) is 0.715. The Morgan fingerprint density at radius 3 is 2.16 bits per heavy atom. The lowest BCUT2D eigenvalue weighted by atomic mass is 10.0. The van der Waals surface area contributed by atoms with Crippen molar-refractivity contribution < 1.29 is 4.74 Å². The minimum atomic E-state index is 0.631. The number of benzene rings is 2. The Bertz CT molecular complexity index is 471. The first-order valence-electron chi connectivity index (χ1n) is 6.99. The molecule has 0 fully saturated rings. The first-order valence-corrected chi connectivity index (χ1v) is 6.99. The van der Waals surface area contributed by atoms with Gasteiger partial charge in [0.2, 0.25) is 0 Å². The molecule has 0 unspecified atom stereocenters. The standard InChI is InChI=1S/C18H22O/c1-15(2)8-9-16-10-12-18(13-11-16)19-14-17-6-4-3-5-7-17/h3-7,10-13,15H,8-9,14H2,1-2H3. The molecule has 2 rings (SSSR count). The Balaban J connectivity index is 1.85. The zero-order chi connectivity index (χ0) is 13.5. The first-order chi connectivity index (χ1) is 9.24. The van der Waals surface area contributed by atoms with E-state index in [2.05, 4.69) is 50.2 Å². The van der Waals surface area contributed by atoms with Crippen LogP contribution in [0.4, 0.5) is 0 Å². The summed E-state index contributed by atoms with van der Waals surface area (Å²) in [5.41, 5.74) is 2.59. The Kier molecular flexibility index (Phi) is 5.02. The second-order valence-corrected chi connectivity index (χ2v) is 5.35. The van der Waals surface area contributed by atoms with E-state index in [9.17, 15) is 0 Å². The summed E-state index contributed by atoms with van der Waals surface area (Å²) in [6.07, 6.45) is 2.39. The van der Waals surface area contributed by atoms with Crippen LogP contribution in [0.5, 0.6) is 5.75 Å². The lowest BCUT2D eigenvalue weighted by Gasteiger charge is -2.08. The zero-order valence-corrected chi connectivity index (χ0v) is 11.8. The SMILES string of the molecule is CC(C)CCc1ccc(OCc2ccccc2)cc1. The van der Waals surface area contributed by atoms with Crippen molar-refractivity contribution in [3.8, 4) is 5.75 Å². The summed E-state index contributed by atoms with van der Waals surface area (Å²) in [5.74, 6) is 1.70.